The van der Waals surface area contributed by atoms with Crippen LogP contribution in [0.1, 0.15) is 44.2 Å². The SMILES string of the molecule is CCC(C)c1ccc(NC(N)=NCCc2ccc(NC(C)=O)cc2)cc1. The third kappa shape index (κ3) is 6.24. The highest BCUT2D eigenvalue weighted by Crippen LogP contribution is 2.20. The van der Waals surface area contributed by atoms with Crippen LogP contribution in [-0.2, 0) is 11.2 Å². The van der Waals surface area contributed by atoms with Crippen molar-refractivity contribution in [1.82, 2.24) is 0 Å². The summed E-state index contributed by atoms with van der Waals surface area (Å²) in [5.74, 6) is 0.904. The lowest BCUT2D eigenvalue weighted by Crippen LogP contribution is -2.23. The van der Waals surface area contributed by atoms with E-state index in [1.807, 2.05) is 36.4 Å². The molecule has 0 aromatic heterocycles. The number of nitrogens with two attached hydrogens (primary N) is 1. The molecule has 0 spiro atoms. The molecule has 0 aliphatic heterocycles. The van der Waals surface area contributed by atoms with E-state index in [1.54, 1.807) is 0 Å². The first-order chi connectivity index (χ1) is 12.5. The molecule has 2 aromatic carbocycles. The number of guanidine groups is 1. The summed E-state index contributed by atoms with van der Waals surface area (Å²) in [6.45, 7) is 6.51. The smallest absolute Gasteiger partial charge is 0.221 e. The van der Waals surface area contributed by atoms with Crippen molar-refractivity contribution >= 4 is 23.2 Å². The van der Waals surface area contributed by atoms with Gasteiger partial charge in [0.15, 0.2) is 5.96 Å². The lowest BCUT2D eigenvalue weighted by molar-refractivity contribution is -0.114. The maximum absolute atomic E-state index is 11.0. The van der Waals surface area contributed by atoms with Gasteiger partial charge in [0.25, 0.3) is 0 Å². The third-order valence-corrected chi connectivity index (χ3v) is 4.32. The molecule has 0 aliphatic carbocycles. The van der Waals surface area contributed by atoms with E-state index in [4.69, 9.17) is 5.73 Å². The fourth-order valence-corrected chi connectivity index (χ4v) is 2.58. The van der Waals surface area contributed by atoms with Crippen molar-refractivity contribution in [2.75, 3.05) is 17.2 Å². The van der Waals surface area contributed by atoms with E-state index in [0.29, 0.717) is 18.4 Å². The van der Waals surface area contributed by atoms with Crippen LogP contribution >= 0.6 is 0 Å². The number of hydrogen-bond donors (Lipinski definition) is 3. The zero-order valence-corrected chi connectivity index (χ0v) is 15.8. The summed E-state index contributed by atoms with van der Waals surface area (Å²) in [7, 11) is 0. The van der Waals surface area contributed by atoms with Gasteiger partial charge in [-0.1, -0.05) is 38.1 Å². The minimum Gasteiger partial charge on any atom is -0.370 e. The first kappa shape index (κ1) is 19.5. The van der Waals surface area contributed by atoms with E-state index in [0.717, 1.165) is 29.8 Å². The summed E-state index contributed by atoms with van der Waals surface area (Å²) < 4.78 is 0. The molecule has 5 heteroatoms. The molecule has 0 fully saturated rings. The van der Waals surface area contributed by atoms with Gasteiger partial charge in [0.1, 0.15) is 0 Å². The van der Waals surface area contributed by atoms with Gasteiger partial charge in [-0.25, -0.2) is 0 Å². The second-order valence-corrected chi connectivity index (χ2v) is 6.45. The fourth-order valence-electron chi connectivity index (χ4n) is 2.58. The molecule has 138 valence electrons. The standard InChI is InChI=1S/C21H28N4O/c1-4-15(2)18-7-11-20(12-8-18)25-21(22)23-14-13-17-5-9-19(10-6-17)24-16(3)26/h5-12,15H,4,13-14H2,1-3H3,(H,24,26)(H3,22,23,25). The van der Waals surface area contributed by atoms with E-state index in [2.05, 4.69) is 41.6 Å². The molecule has 4 N–H and O–H groups in total. The predicted octanol–water partition coefficient (Wildman–Crippen LogP) is 4.13. The van der Waals surface area contributed by atoms with Crippen molar-refractivity contribution in [2.45, 2.75) is 39.5 Å². The molecule has 0 bridgehead atoms. The van der Waals surface area contributed by atoms with Crippen molar-refractivity contribution in [3.63, 3.8) is 0 Å². The van der Waals surface area contributed by atoms with Crippen LogP contribution in [0.25, 0.3) is 0 Å². The Morgan fingerprint density at radius 1 is 1.04 bits per heavy atom. The Morgan fingerprint density at radius 2 is 1.62 bits per heavy atom. The van der Waals surface area contributed by atoms with E-state index in [1.165, 1.54) is 12.5 Å². The van der Waals surface area contributed by atoms with Crippen molar-refractivity contribution in [3.05, 3.63) is 59.7 Å². The number of anilines is 2. The molecule has 5 nitrogen and oxygen atoms in total. The molecular formula is C21H28N4O. The van der Waals surface area contributed by atoms with E-state index >= 15 is 0 Å². The topological polar surface area (TPSA) is 79.5 Å². The van der Waals surface area contributed by atoms with Crippen LogP contribution in [-0.4, -0.2) is 18.4 Å². The summed E-state index contributed by atoms with van der Waals surface area (Å²) in [4.78, 5) is 15.4. The molecule has 2 aromatic rings. The number of nitrogens with one attached hydrogen (secondary N) is 2. The summed E-state index contributed by atoms with van der Waals surface area (Å²) >= 11 is 0. The number of hydrogen-bond acceptors (Lipinski definition) is 2. The molecule has 0 heterocycles. The molecule has 0 saturated heterocycles. The lowest BCUT2D eigenvalue weighted by Gasteiger charge is -2.11. The maximum Gasteiger partial charge on any atom is 0.221 e. The van der Waals surface area contributed by atoms with E-state index in [9.17, 15) is 4.79 Å². The number of aliphatic imine (C=N–C) groups is 1. The Labute approximate surface area is 155 Å². The van der Waals surface area contributed by atoms with E-state index < -0.39 is 0 Å². The fraction of sp³-hybridized carbons (Fsp3) is 0.333. The average Bonchev–Trinajstić information content (AvgIpc) is 2.62. The Hall–Kier alpha value is -2.82. The summed E-state index contributed by atoms with van der Waals surface area (Å²) in [6.07, 6.45) is 1.91. The zero-order chi connectivity index (χ0) is 18.9. The summed E-state index contributed by atoms with van der Waals surface area (Å²) in [5.41, 5.74) is 10.2. The quantitative estimate of drug-likeness (QED) is 0.518. The van der Waals surface area contributed by atoms with Gasteiger partial charge < -0.3 is 16.4 Å². The first-order valence-corrected chi connectivity index (χ1v) is 9.01. The van der Waals surface area contributed by atoms with Crippen LogP contribution < -0.4 is 16.4 Å². The maximum atomic E-state index is 11.0. The highest BCUT2D eigenvalue weighted by Gasteiger charge is 2.03. The number of amides is 1. The van der Waals surface area contributed by atoms with Gasteiger partial charge >= 0.3 is 0 Å². The summed E-state index contributed by atoms with van der Waals surface area (Å²) in [6, 6.07) is 16.1. The number of benzene rings is 2. The van der Waals surface area contributed by atoms with Crippen molar-refractivity contribution in [3.8, 4) is 0 Å². The number of rotatable bonds is 7. The molecule has 1 unspecified atom stereocenters. The average molecular weight is 352 g/mol. The van der Waals surface area contributed by atoms with Crippen LogP contribution in [0, 0.1) is 0 Å². The molecular weight excluding hydrogens is 324 g/mol. The normalized spacial score (nSPS) is 12.5. The van der Waals surface area contributed by atoms with Crippen molar-refractivity contribution < 1.29 is 4.79 Å². The highest BCUT2D eigenvalue weighted by atomic mass is 16.1. The Balaban J connectivity index is 1.83. The lowest BCUT2D eigenvalue weighted by atomic mass is 9.99. The molecule has 26 heavy (non-hydrogen) atoms. The summed E-state index contributed by atoms with van der Waals surface area (Å²) in [5, 5.41) is 5.87. The molecule has 2 rings (SSSR count). The largest absolute Gasteiger partial charge is 0.370 e. The molecule has 0 radical (unpaired) electrons. The molecule has 1 atom stereocenters. The van der Waals surface area contributed by atoms with Gasteiger partial charge in [0.05, 0.1) is 0 Å². The molecule has 1 amide bonds. The Morgan fingerprint density at radius 3 is 2.19 bits per heavy atom. The zero-order valence-electron chi connectivity index (χ0n) is 15.8. The van der Waals surface area contributed by atoms with Crippen LogP contribution in [0.5, 0.6) is 0 Å². The van der Waals surface area contributed by atoms with Crippen LogP contribution in [0.3, 0.4) is 0 Å². The molecule has 0 saturated carbocycles. The second-order valence-electron chi connectivity index (χ2n) is 6.45. The monoisotopic (exact) mass is 352 g/mol. The van der Waals surface area contributed by atoms with Gasteiger partial charge in [0.2, 0.25) is 5.91 Å². The van der Waals surface area contributed by atoms with E-state index in [-0.39, 0.29) is 5.91 Å². The molecule has 0 aliphatic rings. The van der Waals surface area contributed by atoms with Crippen molar-refractivity contribution in [1.29, 1.82) is 0 Å². The number of nitrogens with zero attached hydrogens (tertiary/aromatic N) is 1. The number of carbonyl (C=O) groups excluding carboxylic acids is 1. The predicted molar refractivity (Wildman–Crippen MR) is 110 cm³/mol. The second kappa shape index (κ2) is 9.61. The van der Waals surface area contributed by atoms with Crippen LogP contribution in [0.4, 0.5) is 11.4 Å². The Kier molecular flexibility index (Phi) is 7.21. The highest BCUT2D eigenvalue weighted by molar-refractivity contribution is 5.92. The van der Waals surface area contributed by atoms with Gasteiger partial charge in [-0.2, -0.15) is 0 Å². The minimum absolute atomic E-state index is 0.0709. The van der Waals surface area contributed by atoms with Crippen molar-refractivity contribution in [2.24, 2.45) is 10.7 Å². The minimum atomic E-state index is -0.0709. The van der Waals surface area contributed by atoms with Gasteiger partial charge in [-0.3, -0.25) is 9.79 Å². The van der Waals surface area contributed by atoms with Gasteiger partial charge in [0, 0.05) is 24.8 Å². The van der Waals surface area contributed by atoms with Gasteiger partial charge in [-0.15, -0.1) is 0 Å². The van der Waals surface area contributed by atoms with Gasteiger partial charge in [-0.05, 0) is 54.2 Å². The van der Waals surface area contributed by atoms with Crippen LogP contribution in [0.15, 0.2) is 53.5 Å². The third-order valence-electron chi connectivity index (χ3n) is 4.32. The van der Waals surface area contributed by atoms with Crippen LogP contribution in [0.2, 0.25) is 0 Å². The first-order valence-electron chi connectivity index (χ1n) is 9.01. The Bertz CT molecular complexity index is 736. The number of carbonyl (C=O) groups is 1.